The van der Waals surface area contributed by atoms with E-state index in [-0.39, 0.29) is 0 Å². The predicted molar refractivity (Wildman–Crippen MR) is 227 cm³/mol. The number of rotatable bonds is 22. The first-order valence-electron chi connectivity index (χ1n) is 20.9. The number of hydrogen-bond donors (Lipinski definition) is 4. The topological polar surface area (TPSA) is 132 Å². The second-order valence-corrected chi connectivity index (χ2v) is 14.4. The van der Waals surface area contributed by atoms with Crippen LogP contribution in [0.5, 0.6) is 0 Å². The molecule has 0 fully saturated rings. The summed E-state index contributed by atoms with van der Waals surface area (Å²) >= 11 is 0. The molecule has 1 aliphatic heterocycles. The SMILES string of the molecule is CCCCCCN(CCCCCC)c1nc2nc(n1)Nc1cccc(c1)Nc1nc(nc(N(CCCCCC)CCCCCC)n1)Nc1cccc(c1)N2. The minimum Gasteiger partial charge on any atom is -0.341 e. The fraction of sp³-hybridized carbons (Fsp3) is 0.571. The lowest BCUT2D eigenvalue weighted by atomic mass is 10.2. The first-order chi connectivity index (χ1) is 26.6. The molecule has 12 heteroatoms. The van der Waals surface area contributed by atoms with E-state index in [1.54, 1.807) is 0 Å². The van der Waals surface area contributed by atoms with Crippen LogP contribution in [-0.2, 0) is 0 Å². The van der Waals surface area contributed by atoms with Gasteiger partial charge in [-0.25, -0.2) is 0 Å². The van der Waals surface area contributed by atoms with Gasteiger partial charge in [-0.1, -0.05) is 117 Å². The lowest BCUT2D eigenvalue weighted by molar-refractivity contribution is 0.601. The van der Waals surface area contributed by atoms with Crippen LogP contribution < -0.4 is 31.1 Å². The number of unbranched alkanes of at least 4 members (excludes halogenated alkanes) is 12. The van der Waals surface area contributed by atoms with Crippen LogP contribution in [-0.4, -0.2) is 56.1 Å². The molecule has 3 heterocycles. The molecule has 0 radical (unpaired) electrons. The van der Waals surface area contributed by atoms with E-state index in [9.17, 15) is 0 Å². The zero-order valence-corrected chi connectivity index (χ0v) is 33.3. The number of fused-ring (bicyclic) bond motifs is 8. The molecular weight excluding hydrogens is 673 g/mol. The molecule has 0 amide bonds. The van der Waals surface area contributed by atoms with Crippen LogP contribution >= 0.6 is 0 Å². The summed E-state index contributed by atoms with van der Waals surface area (Å²) in [5, 5.41) is 13.9. The number of aromatic nitrogens is 6. The maximum absolute atomic E-state index is 4.99. The summed E-state index contributed by atoms with van der Waals surface area (Å²) in [5.74, 6) is 3.31. The molecule has 2 aromatic heterocycles. The predicted octanol–water partition coefficient (Wildman–Crippen LogP) is 11.3. The summed E-state index contributed by atoms with van der Waals surface area (Å²) in [6.07, 6.45) is 19.0. The number of nitrogens with zero attached hydrogens (tertiary/aromatic N) is 8. The third kappa shape index (κ3) is 13.3. The summed E-state index contributed by atoms with van der Waals surface area (Å²) < 4.78 is 0. The van der Waals surface area contributed by atoms with Crippen molar-refractivity contribution in [3.8, 4) is 0 Å². The molecule has 1 aliphatic rings. The molecule has 0 atom stereocenters. The van der Waals surface area contributed by atoms with Gasteiger partial charge in [0.05, 0.1) is 0 Å². The van der Waals surface area contributed by atoms with Crippen LogP contribution in [0.1, 0.15) is 130 Å². The van der Waals surface area contributed by atoms with Gasteiger partial charge in [0, 0.05) is 48.9 Å². The highest BCUT2D eigenvalue weighted by atomic mass is 15.3. The molecule has 8 bridgehead atoms. The number of benzene rings is 2. The molecule has 0 aliphatic carbocycles. The zero-order chi connectivity index (χ0) is 37.8. The lowest BCUT2D eigenvalue weighted by Crippen LogP contribution is -2.28. The fourth-order valence-corrected chi connectivity index (χ4v) is 6.64. The Kier molecular flexibility index (Phi) is 16.8. The summed E-state index contributed by atoms with van der Waals surface area (Å²) in [7, 11) is 0. The largest absolute Gasteiger partial charge is 0.341 e. The minimum atomic E-state index is 0.486. The molecule has 0 unspecified atom stereocenters. The van der Waals surface area contributed by atoms with Crippen LogP contribution in [0.2, 0.25) is 0 Å². The van der Waals surface area contributed by atoms with Crippen molar-refractivity contribution in [2.45, 2.75) is 130 Å². The van der Waals surface area contributed by atoms with Gasteiger partial charge in [0.1, 0.15) is 0 Å². The standard InChI is InChI=1S/C42H64N12/c1-5-9-13-17-27-53(28-18-14-10-6-2)41-49-37-43-33-23-21-25-35(31-33)45-39-48-40(46-36-26-22-24-34(32-36)44-38(47-37)50-41)52-42(51-39)54(29-19-15-11-7-3)30-20-16-12-8-4/h21-26,31-32H,5-20,27-30H2,1-4H3,(H2,43,44,47,49,50)(H2,45,46,48,51,52). The monoisotopic (exact) mass is 737 g/mol. The Hall–Kier alpha value is -4.74. The first kappa shape index (κ1) is 40.4. The third-order valence-electron chi connectivity index (χ3n) is 9.69. The average molecular weight is 737 g/mol. The quantitative estimate of drug-likeness (QED) is 0.0504. The smallest absolute Gasteiger partial charge is 0.233 e. The Morgan fingerprint density at radius 3 is 0.907 bits per heavy atom. The molecule has 0 saturated heterocycles. The van der Waals surface area contributed by atoms with Crippen molar-refractivity contribution in [1.82, 2.24) is 29.9 Å². The van der Waals surface area contributed by atoms with Gasteiger partial charge in [-0.15, -0.1) is 0 Å². The van der Waals surface area contributed by atoms with Crippen molar-refractivity contribution < 1.29 is 0 Å². The molecule has 0 spiro atoms. The van der Waals surface area contributed by atoms with Crippen molar-refractivity contribution in [3.05, 3.63) is 48.5 Å². The van der Waals surface area contributed by atoms with Gasteiger partial charge in [-0.3, -0.25) is 0 Å². The molecular formula is C42H64N12. The van der Waals surface area contributed by atoms with Gasteiger partial charge in [-0.05, 0) is 62.1 Å². The Morgan fingerprint density at radius 2 is 0.648 bits per heavy atom. The zero-order valence-electron chi connectivity index (χ0n) is 33.3. The van der Waals surface area contributed by atoms with Crippen molar-refractivity contribution >= 4 is 58.4 Å². The van der Waals surface area contributed by atoms with Crippen molar-refractivity contribution in [2.24, 2.45) is 0 Å². The fourth-order valence-electron chi connectivity index (χ4n) is 6.64. The molecule has 292 valence electrons. The molecule has 12 nitrogen and oxygen atoms in total. The summed E-state index contributed by atoms with van der Waals surface area (Å²) in [5.41, 5.74) is 3.37. The van der Waals surface area contributed by atoms with E-state index in [0.29, 0.717) is 35.7 Å². The van der Waals surface area contributed by atoms with E-state index in [1.807, 2.05) is 48.5 Å². The highest BCUT2D eigenvalue weighted by molar-refractivity contribution is 5.69. The molecule has 54 heavy (non-hydrogen) atoms. The van der Waals surface area contributed by atoms with Crippen molar-refractivity contribution in [2.75, 3.05) is 57.2 Å². The normalized spacial score (nSPS) is 11.9. The number of nitrogens with one attached hydrogen (secondary N) is 4. The number of anilines is 10. The van der Waals surface area contributed by atoms with Crippen LogP contribution in [0.3, 0.4) is 0 Å². The minimum absolute atomic E-state index is 0.486. The summed E-state index contributed by atoms with van der Waals surface area (Å²) in [6.45, 7) is 12.6. The second kappa shape index (κ2) is 22.5. The van der Waals surface area contributed by atoms with Crippen LogP contribution in [0.4, 0.5) is 58.4 Å². The highest BCUT2D eigenvalue weighted by Crippen LogP contribution is 2.28. The molecule has 0 saturated carbocycles. The van der Waals surface area contributed by atoms with Crippen LogP contribution in [0.15, 0.2) is 48.5 Å². The van der Waals surface area contributed by atoms with Gasteiger partial charge in [-0.2, -0.15) is 29.9 Å². The first-order valence-corrected chi connectivity index (χ1v) is 20.9. The Morgan fingerprint density at radius 1 is 0.370 bits per heavy atom. The van der Waals surface area contributed by atoms with Crippen LogP contribution in [0.25, 0.3) is 0 Å². The average Bonchev–Trinajstić information content (AvgIpc) is 3.16. The Bertz CT molecular complexity index is 1460. The summed E-state index contributed by atoms with van der Waals surface area (Å²) in [4.78, 5) is 34.3. The van der Waals surface area contributed by atoms with E-state index >= 15 is 0 Å². The van der Waals surface area contributed by atoms with Gasteiger partial charge >= 0.3 is 0 Å². The highest BCUT2D eigenvalue weighted by Gasteiger charge is 2.18. The van der Waals surface area contributed by atoms with Crippen LogP contribution in [0, 0.1) is 0 Å². The Balaban J connectivity index is 1.49. The summed E-state index contributed by atoms with van der Waals surface area (Å²) in [6, 6.07) is 16.1. The van der Waals surface area contributed by atoms with Gasteiger partial charge < -0.3 is 31.1 Å². The Labute approximate surface area is 323 Å². The second-order valence-electron chi connectivity index (χ2n) is 14.4. The molecule has 5 rings (SSSR count). The van der Waals surface area contributed by atoms with E-state index in [1.165, 1.54) is 77.0 Å². The lowest BCUT2D eigenvalue weighted by Gasteiger charge is -2.24. The number of hydrogen-bond acceptors (Lipinski definition) is 12. The van der Waals surface area contributed by atoms with Gasteiger partial charge in [0.25, 0.3) is 0 Å². The van der Waals surface area contributed by atoms with Gasteiger partial charge in [0.2, 0.25) is 35.7 Å². The third-order valence-corrected chi connectivity index (χ3v) is 9.69. The molecule has 4 aromatic rings. The van der Waals surface area contributed by atoms with E-state index in [4.69, 9.17) is 29.9 Å². The maximum Gasteiger partial charge on any atom is 0.233 e. The van der Waals surface area contributed by atoms with E-state index in [2.05, 4.69) is 58.8 Å². The molecule has 2 aromatic carbocycles. The van der Waals surface area contributed by atoms with Gasteiger partial charge in [0.15, 0.2) is 0 Å². The molecule has 4 N–H and O–H groups in total. The van der Waals surface area contributed by atoms with E-state index in [0.717, 1.165) is 74.6 Å². The van der Waals surface area contributed by atoms with Crippen molar-refractivity contribution in [1.29, 1.82) is 0 Å². The van der Waals surface area contributed by atoms with Crippen molar-refractivity contribution in [3.63, 3.8) is 0 Å². The van der Waals surface area contributed by atoms with E-state index < -0.39 is 0 Å². The maximum atomic E-state index is 4.99.